The molecule has 0 aliphatic rings. The quantitative estimate of drug-likeness (QED) is 0.659. The van der Waals surface area contributed by atoms with Crippen molar-refractivity contribution in [1.29, 1.82) is 0 Å². The van der Waals surface area contributed by atoms with Crippen molar-refractivity contribution in [1.82, 2.24) is 4.72 Å². The number of unbranched alkanes of at least 4 members (excludes halogenated alkanes) is 1. The number of amides is 1. The number of benzene rings is 2. The summed E-state index contributed by atoms with van der Waals surface area (Å²) in [5, 5.41) is 2.73. The molecule has 2 aromatic carbocycles. The van der Waals surface area contributed by atoms with Crippen LogP contribution in [0.3, 0.4) is 0 Å². The van der Waals surface area contributed by atoms with Crippen LogP contribution in [0.5, 0.6) is 5.75 Å². The Bertz CT molecular complexity index is 816. The van der Waals surface area contributed by atoms with Crippen molar-refractivity contribution in [3.8, 4) is 5.75 Å². The molecule has 0 aliphatic heterocycles. The van der Waals surface area contributed by atoms with Gasteiger partial charge in [-0.1, -0.05) is 31.0 Å². The van der Waals surface area contributed by atoms with Crippen LogP contribution >= 0.6 is 0 Å². The Morgan fingerprint density at radius 2 is 1.69 bits per heavy atom. The number of anilines is 1. The number of sulfonamides is 1. The van der Waals surface area contributed by atoms with Crippen molar-refractivity contribution in [2.45, 2.75) is 31.6 Å². The minimum Gasteiger partial charge on any atom is -0.484 e. The Balaban J connectivity index is 1.86. The predicted octanol–water partition coefficient (Wildman–Crippen LogP) is 3.09. The van der Waals surface area contributed by atoms with Crippen LogP contribution in [0.25, 0.3) is 0 Å². The second-order valence-corrected chi connectivity index (χ2v) is 7.69. The highest BCUT2D eigenvalue weighted by atomic mass is 32.2. The first-order chi connectivity index (χ1) is 12.4. The normalized spacial score (nSPS) is 11.2. The highest BCUT2D eigenvalue weighted by Gasteiger charge is 2.13. The summed E-state index contributed by atoms with van der Waals surface area (Å²) in [6.07, 6.45) is 1.70. The van der Waals surface area contributed by atoms with E-state index in [1.165, 1.54) is 24.3 Å². The van der Waals surface area contributed by atoms with E-state index < -0.39 is 10.0 Å². The van der Waals surface area contributed by atoms with Gasteiger partial charge >= 0.3 is 0 Å². The third-order valence-electron chi connectivity index (χ3n) is 3.66. The van der Waals surface area contributed by atoms with Gasteiger partial charge in [0.15, 0.2) is 6.61 Å². The van der Waals surface area contributed by atoms with Gasteiger partial charge in [0.1, 0.15) is 5.75 Å². The fourth-order valence-corrected chi connectivity index (χ4v) is 3.24. The molecule has 0 radical (unpaired) electrons. The molecule has 2 rings (SSSR count). The number of hydrogen-bond donors (Lipinski definition) is 2. The summed E-state index contributed by atoms with van der Waals surface area (Å²) in [6.45, 7) is 4.22. The second kappa shape index (κ2) is 9.35. The van der Waals surface area contributed by atoms with Crippen LogP contribution in [0, 0.1) is 6.92 Å². The van der Waals surface area contributed by atoms with Gasteiger partial charge in [0.25, 0.3) is 5.91 Å². The predicted molar refractivity (Wildman–Crippen MR) is 102 cm³/mol. The molecule has 1 amide bonds. The largest absolute Gasteiger partial charge is 0.484 e. The van der Waals surface area contributed by atoms with E-state index in [0.717, 1.165) is 18.4 Å². The number of carbonyl (C=O) groups excluding carboxylic acids is 1. The molecule has 0 fully saturated rings. The second-order valence-electron chi connectivity index (χ2n) is 5.93. The highest BCUT2D eigenvalue weighted by Crippen LogP contribution is 2.16. The van der Waals surface area contributed by atoms with E-state index in [-0.39, 0.29) is 17.4 Å². The van der Waals surface area contributed by atoms with E-state index in [1.54, 1.807) is 0 Å². The zero-order valence-electron chi connectivity index (χ0n) is 15.0. The van der Waals surface area contributed by atoms with Crippen molar-refractivity contribution in [3.63, 3.8) is 0 Å². The molecule has 6 nitrogen and oxygen atoms in total. The lowest BCUT2D eigenvalue weighted by Crippen LogP contribution is -2.24. The fraction of sp³-hybridized carbons (Fsp3) is 0.316. The first-order valence-corrected chi connectivity index (χ1v) is 9.98. The molecular formula is C19H24N2O4S. The average Bonchev–Trinajstić information content (AvgIpc) is 2.62. The topological polar surface area (TPSA) is 84.5 Å². The van der Waals surface area contributed by atoms with Crippen molar-refractivity contribution < 1.29 is 17.9 Å². The minimum atomic E-state index is -3.51. The van der Waals surface area contributed by atoms with Gasteiger partial charge in [0, 0.05) is 12.2 Å². The van der Waals surface area contributed by atoms with Crippen molar-refractivity contribution in [2.75, 3.05) is 18.5 Å². The van der Waals surface area contributed by atoms with Crippen molar-refractivity contribution in [3.05, 3.63) is 54.1 Å². The average molecular weight is 376 g/mol. The third-order valence-corrected chi connectivity index (χ3v) is 5.14. The summed E-state index contributed by atoms with van der Waals surface area (Å²) in [5.41, 5.74) is 1.81. The molecule has 7 heteroatoms. The summed E-state index contributed by atoms with van der Waals surface area (Å²) in [6, 6.07) is 13.4. The van der Waals surface area contributed by atoms with E-state index in [9.17, 15) is 13.2 Å². The zero-order valence-corrected chi connectivity index (χ0v) is 15.8. The maximum atomic E-state index is 12.1. The van der Waals surface area contributed by atoms with Crippen LogP contribution in [0.1, 0.15) is 25.3 Å². The summed E-state index contributed by atoms with van der Waals surface area (Å²) in [5.74, 6) is 0.142. The van der Waals surface area contributed by atoms with Gasteiger partial charge in [-0.3, -0.25) is 4.79 Å². The molecular weight excluding hydrogens is 352 g/mol. The van der Waals surface area contributed by atoms with Crippen molar-refractivity contribution in [2.24, 2.45) is 0 Å². The lowest BCUT2D eigenvalue weighted by Gasteiger charge is -2.09. The molecule has 0 aromatic heterocycles. The summed E-state index contributed by atoms with van der Waals surface area (Å²) >= 11 is 0. The molecule has 0 atom stereocenters. The Morgan fingerprint density at radius 1 is 1.04 bits per heavy atom. The summed E-state index contributed by atoms with van der Waals surface area (Å²) in [7, 11) is -3.51. The maximum Gasteiger partial charge on any atom is 0.262 e. The maximum absolute atomic E-state index is 12.1. The lowest BCUT2D eigenvalue weighted by molar-refractivity contribution is -0.118. The molecule has 0 unspecified atom stereocenters. The van der Waals surface area contributed by atoms with Crippen LogP contribution in [0.15, 0.2) is 53.4 Å². The van der Waals surface area contributed by atoms with Crippen molar-refractivity contribution >= 4 is 21.6 Å². The molecule has 0 spiro atoms. The Labute approximate surface area is 154 Å². The molecule has 0 saturated carbocycles. The molecule has 140 valence electrons. The van der Waals surface area contributed by atoms with Gasteiger partial charge in [0.2, 0.25) is 10.0 Å². The van der Waals surface area contributed by atoms with Gasteiger partial charge < -0.3 is 10.1 Å². The van der Waals surface area contributed by atoms with E-state index in [0.29, 0.717) is 18.0 Å². The number of nitrogens with one attached hydrogen (secondary N) is 2. The van der Waals surface area contributed by atoms with Crippen LogP contribution in [0.4, 0.5) is 5.69 Å². The standard InChI is InChI=1S/C19H24N2O4S/c1-3-4-13-20-26(23,24)18-11-9-17(10-12-18)25-14-19(22)21-16-7-5-15(2)6-8-16/h5-12,20H,3-4,13-14H2,1-2H3,(H,21,22). The molecule has 0 aliphatic carbocycles. The number of ether oxygens (including phenoxy) is 1. The Morgan fingerprint density at radius 3 is 2.31 bits per heavy atom. The van der Waals surface area contributed by atoms with E-state index in [1.807, 2.05) is 38.1 Å². The molecule has 26 heavy (non-hydrogen) atoms. The van der Waals surface area contributed by atoms with E-state index >= 15 is 0 Å². The summed E-state index contributed by atoms with van der Waals surface area (Å²) in [4.78, 5) is 12.1. The number of carbonyl (C=O) groups is 1. The molecule has 0 bridgehead atoms. The highest BCUT2D eigenvalue weighted by molar-refractivity contribution is 7.89. The molecule has 0 saturated heterocycles. The first kappa shape index (κ1) is 19.9. The molecule has 0 heterocycles. The van der Waals surface area contributed by atoms with Gasteiger partial charge in [0.05, 0.1) is 4.90 Å². The third kappa shape index (κ3) is 6.16. The Kier molecular flexibility index (Phi) is 7.17. The fourth-order valence-electron chi connectivity index (χ4n) is 2.16. The van der Waals surface area contributed by atoms with Gasteiger partial charge in [-0.15, -0.1) is 0 Å². The minimum absolute atomic E-state index is 0.158. The van der Waals surface area contributed by atoms with Crippen LogP contribution in [0.2, 0.25) is 0 Å². The smallest absolute Gasteiger partial charge is 0.262 e. The molecule has 2 aromatic rings. The number of rotatable bonds is 9. The van der Waals surface area contributed by atoms with E-state index in [2.05, 4.69) is 10.0 Å². The lowest BCUT2D eigenvalue weighted by atomic mass is 10.2. The number of hydrogen-bond acceptors (Lipinski definition) is 4. The van der Waals surface area contributed by atoms with Crippen LogP contribution in [-0.2, 0) is 14.8 Å². The van der Waals surface area contributed by atoms with Crippen LogP contribution < -0.4 is 14.8 Å². The summed E-state index contributed by atoms with van der Waals surface area (Å²) < 4.78 is 32.1. The van der Waals surface area contributed by atoms with Gasteiger partial charge in [-0.25, -0.2) is 13.1 Å². The first-order valence-electron chi connectivity index (χ1n) is 8.50. The monoisotopic (exact) mass is 376 g/mol. The SMILES string of the molecule is CCCCNS(=O)(=O)c1ccc(OCC(=O)Nc2ccc(C)cc2)cc1. The molecule has 2 N–H and O–H groups in total. The number of aryl methyl sites for hydroxylation is 1. The van der Waals surface area contributed by atoms with Crippen LogP contribution in [-0.4, -0.2) is 27.5 Å². The Hall–Kier alpha value is -2.38. The van der Waals surface area contributed by atoms with Gasteiger partial charge in [-0.2, -0.15) is 0 Å². The van der Waals surface area contributed by atoms with E-state index in [4.69, 9.17) is 4.74 Å². The zero-order chi connectivity index (χ0) is 19.0. The van der Waals surface area contributed by atoms with Gasteiger partial charge in [-0.05, 0) is 49.7 Å².